The lowest BCUT2D eigenvalue weighted by molar-refractivity contribution is -0.870. The summed E-state index contributed by atoms with van der Waals surface area (Å²) in [6, 6.07) is 0. The van der Waals surface area contributed by atoms with Gasteiger partial charge in [-0.2, -0.15) is 0 Å². The number of rotatable bonds is 38. The minimum Gasteiger partial charge on any atom is -0.756 e. The summed E-state index contributed by atoms with van der Waals surface area (Å²) in [5, 5.41) is 0. The van der Waals surface area contributed by atoms with Gasteiger partial charge in [-0.1, -0.05) is 140 Å². The van der Waals surface area contributed by atoms with Crippen LogP contribution in [0.1, 0.15) is 168 Å². The molecule has 314 valence electrons. The van der Waals surface area contributed by atoms with Gasteiger partial charge in [0.25, 0.3) is 7.82 Å². The number of phosphoric acid groups is 1. The summed E-state index contributed by atoms with van der Waals surface area (Å²) in [5.41, 5.74) is 0. The van der Waals surface area contributed by atoms with Crippen LogP contribution in [-0.2, 0) is 32.7 Å². The van der Waals surface area contributed by atoms with Crippen LogP contribution in [0.4, 0.5) is 0 Å². The van der Waals surface area contributed by atoms with E-state index in [-0.39, 0.29) is 26.1 Å². The van der Waals surface area contributed by atoms with Crippen LogP contribution in [0.3, 0.4) is 0 Å². The quantitative estimate of drug-likeness (QED) is 0.0200. The fourth-order valence-corrected chi connectivity index (χ4v) is 6.19. The second-order valence-corrected chi connectivity index (χ2v) is 16.8. The number of carbonyl (C=O) groups is 2. The maximum atomic E-state index is 12.6. The number of nitrogens with zero attached hydrogens (tertiary/aromatic N) is 1. The summed E-state index contributed by atoms with van der Waals surface area (Å²) in [6.07, 6.45) is 41.3. The molecule has 0 aromatic rings. The molecule has 0 aromatic heterocycles. The zero-order valence-corrected chi connectivity index (χ0v) is 36.0. The standard InChI is InChI=1S/C44H80NO8P/c1-6-8-10-12-14-16-18-20-22-24-26-28-30-32-34-36-43(46)50-40-42(41-52-54(48,49)51-39-38-45(3,4)5)53-44(47)37-35-33-31-29-27-25-23-21-19-17-15-13-11-9-7-2/h16-23,42H,6-15,24-41H2,1-5H3/b18-16+,19-17+,22-20+,23-21+/t42-/m1/s1. The van der Waals surface area contributed by atoms with Gasteiger partial charge in [-0.25, -0.2) is 0 Å². The van der Waals surface area contributed by atoms with Crippen LogP contribution in [0.5, 0.6) is 0 Å². The first kappa shape index (κ1) is 52.0. The molecule has 0 amide bonds. The minimum atomic E-state index is -4.63. The lowest BCUT2D eigenvalue weighted by Gasteiger charge is -2.28. The van der Waals surface area contributed by atoms with Crippen molar-refractivity contribution in [3.63, 3.8) is 0 Å². The highest BCUT2D eigenvalue weighted by Gasteiger charge is 2.21. The van der Waals surface area contributed by atoms with E-state index < -0.39 is 32.5 Å². The third-order valence-electron chi connectivity index (χ3n) is 8.88. The van der Waals surface area contributed by atoms with Crippen LogP contribution in [0.2, 0.25) is 0 Å². The molecule has 1 unspecified atom stereocenters. The predicted molar refractivity (Wildman–Crippen MR) is 222 cm³/mol. The normalized spacial score (nSPS) is 14.1. The number of carbonyl (C=O) groups excluding carboxylic acids is 2. The topological polar surface area (TPSA) is 111 Å². The van der Waals surface area contributed by atoms with Crippen LogP contribution in [0, 0.1) is 0 Å². The number of phosphoric ester groups is 1. The second kappa shape index (κ2) is 36.6. The number of quaternary nitrogens is 1. The van der Waals surface area contributed by atoms with Gasteiger partial charge < -0.3 is 27.9 Å². The number of likely N-dealkylation sites (N-methyl/N-ethyl adjacent to an activating group) is 1. The SMILES string of the molecule is CCCCCC/C=C/C=C/CCCCCCCC(=O)OC[C@H](COP(=O)([O-])OCC[N+](C)(C)C)OC(=O)CCCCCCC/C=C/C=C/CCCCCC. The van der Waals surface area contributed by atoms with Gasteiger partial charge in [-0.15, -0.1) is 0 Å². The van der Waals surface area contributed by atoms with Gasteiger partial charge >= 0.3 is 11.9 Å². The van der Waals surface area contributed by atoms with E-state index in [9.17, 15) is 19.0 Å². The lowest BCUT2D eigenvalue weighted by Crippen LogP contribution is -2.37. The zero-order valence-electron chi connectivity index (χ0n) is 35.2. The van der Waals surface area contributed by atoms with Gasteiger partial charge in [0, 0.05) is 12.8 Å². The molecule has 0 spiro atoms. The Kier molecular flexibility index (Phi) is 35.2. The lowest BCUT2D eigenvalue weighted by atomic mass is 10.1. The Bertz CT molecular complexity index is 1070. The molecule has 0 saturated heterocycles. The Morgan fingerprint density at radius 1 is 0.574 bits per heavy atom. The molecule has 2 atom stereocenters. The van der Waals surface area contributed by atoms with Crippen LogP contribution in [-0.4, -0.2) is 70.0 Å². The number of ether oxygens (including phenoxy) is 2. The van der Waals surface area contributed by atoms with Gasteiger partial charge in [0.05, 0.1) is 27.7 Å². The molecule has 0 radical (unpaired) electrons. The van der Waals surface area contributed by atoms with Crippen molar-refractivity contribution in [2.24, 2.45) is 0 Å². The molecule has 0 aromatic carbocycles. The van der Waals surface area contributed by atoms with E-state index in [1.165, 1.54) is 51.4 Å². The van der Waals surface area contributed by atoms with Crippen molar-refractivity contribution in [2.45, 2.75) is 174 Å². The average Bonchev–Trinajstić information content (AvgIpc) is 3.12. The molecule has 10 heteroatoms. The van der Waals surface area contributed by atoms with Crippen molar-refractivity contribution in [3.05, 3.63) is 48.6 Å². The Hall–Kier alpha value is -2.03. The minimum absolute atomic E-state index is 0.0381. The number of unbranched alkanes of at least 4 members (excludes halogenated alkanes) is 18. The van der Waals surface area contributed by atoms with Crippen LogP contribution in [0.15, 0.2) is 48.6 Å². The summed E-state index contributed by atoms with van der Waals surface area (Å²) < 4.78 is 33.8. The summed E-state index contributed by atoms with van der Waals surface area (Å²) >= 11 is 0. The highest BCUT2D eigenvalue weighted by atomic mass is 31.2. The van der Waals surface area contributed by atoms with E-state index in [0.717, 1.165) is 77.0 Å². The van der Waals surface area contributed by atoms with Crippen molar-refractivity contribution in [1.29, 1.82) is 0 Å². The van der Waals surface area contributed by atoms with Gasteiger partial charge in [0.1, 0.15) is 19.8 Å². The fraction of sp³-hybridized carbons (Fsp3) is 0.773. The van der Waals surface area contributed by atoms with Crippen LogP contribution >= 0.6 is 7.82 Å². The molecule has 9 nitrogen and oxygen atoms in total. The van der Waals surface area contributed by atoms with Crippen molar-refractivity contribution in [1.82, 2.24) is 0 Å². The second-order valence-electron chi connectivity index (χ2n) is 15.4. The molecule has 0 heterocycles. The first-order valence-corrected chi connectivity index (χ1v) is 22.8. The molecule has 0 rings (SSSR count). The maximum absolute atomic E-state index is 12.6. The van der Waals surface area contributed by atoms with Gasteiger partial charge in [0.2, 0.25) is 0 Å². The Balaban J connectivity index is 4.45. The first-order chi connectivity index (χ1) is 26.0. The largest absolute Gasteiger partial charge is 0.756 e. The highest BCUT2D eigenvalue weighted by Crippen LogP contribution is 2.38. The average molecular weight is 782 g/mol. The number of esters is 2. The van der Waals surface area contributed by atoms with Crippen molar-refractivity contribution < 1.29 is 42.1 Å². The Morgan fingerprint density at radius 2 is 0.981 bits per heavy atom. The number of hydrogen-bond donors (Lipinski definition) is 0. The maximum Gasteiger partial charge on any atom is 0.306 e. The van der Waals surface area contributed by atoms with Crippen molar-refractivity contribution in [2.75, 3.05) is 47.5 Å². The predicted octanol–water partition coefficient (Wildman–Crippen LogP) is 11.3. The molecule has 0 bridgehead atoms. The molecule has 0 fully saturated rings. The third-order valence-corrected chi connectivity index (χ3v) is 9.84. The number of allylic oxidation sites excluding steroid dienone is 8. The molecule has 0 saturated carbocycles. The molecule has 0 aliphatic rings. The molecule has 0 aliphatic heterocycles. The van der Waals surface area contributed by atoms with Gasteiger partial charge in [-0.3, -0.25) is 14.2 Å². The van der Waals surface area contributed by atoms with E-state index in [4.69, 9.17) is 18.5 Å². The molecule has 0 N–H and O–H groups in total. The van der Waals surface area contributed by atoms with E-state index >= 15 is 0 Å². The van der Waals surface area contributed by atoms with E-state index in [0.29, 0.717) is 23.9 Å². The van der Waals surface area contributed by atoms with Gasteiger partial charge in [0.15, 0.2) is 6.10 Å². The summed E-state index contributed by atoms with van der Waals surface area (Å²) in [5.74, 6) is -0.873. The molecular formula is C44H80NO8P. The fourth-order valence-electron chi connectivity index (χ4n) is 5.46. The molecule has 0 aliphatic carbocycles. The smallest absolute Gasteiger partial charge is 0.306 e. The number of hydrogen-bond acceptors (Lipinski definition) is 8. The van der Waals surface area contributed by atoms with E-state index in [1.54, 1.807) is 0 Å². The Morgan fingerprint density at radius 3 is 1.43 bits per heavy atom. The van der Waals surface area contributed by atoms with E-state index in [2.05, 4.69) is 62.5 Å². The Labute approximate surface area is 331 Å². The van der Waals surface area contributed by atoms with Gasteiger partial charge in [-0.05, 0) is 64.2 Å². The summed E-state index contributed by atoms with van der Waals surface area (Å²) in [7, 11) is 1.14. The molecular weight excluding hydrogens is 701 g/mol. The van der Waals surface area contributed by atoms with Crippen molar-refractivity contribution in [3.8, 4) is 0 Å². The monoisotopic (exact) mass is 782 g/mol. The summed E-state index contributed by atoms with van der Waals surface area (Å²) in [4.78, 5) is 37.5. The molecule has 54 heavy (non-hydrogen) atoms. The summed E-state index contributed by atoms with van der Waals surface area (Å²) in [6.45, 7) is 4.14. The first-order valence-electron chi connectivity index (χ1n) is 21.4. The third kappa shape index (κ3) is 39.7. The van der Waals surface area contributed by atoms with Crippen LogP contribution in [0.25, 0.3) is 0 Å². The zero-order chi connectivity index (χ0) is 40.0. The van der Waals surface area contributed by atoms with E-state index in [1.807, 2.05) is 21.1 Å². The highest BCUT2D eigenvalue weighted by molar-refractivity contribution is 7.45. The van der Waals surface area contributed by atoms with Crippen molar-refractivity contribution >= 4 is 19.8 Å². The van der Waals surface area contributed by atoms with Crippen LogP contribution < -0.4 is 4.89 Å².